The fourth-order valence-corrected chi connectivity index (χ4v) is 2.46. The van der Waals surface area contributed by atoms with E-state index in [1.54, 1.807) is 18.2 Å². The lowest BCUT2D eigenvalue weighted by Crippen LogP contribution is -2.31. The Kier molecular flexibility index (Phi) is 3.28. The van der Waals surface area contributed by atoms with Crippen LogP contribution < -0.4 is 4.90 Å². The van der Waals surface area contributed by atoms with E-state index < -0.39 is 5.97 Å². The van der Waals surface area contributed by atoms with Crippen LogP contribution in [-0.4, -0.2) is 27.8 Å². The molecule has 0 spiro atoms. The van der Waals surface area contributed by atoms with Gasteiger partial charge >= 0.3 is 5.97 Å². The van der Waals surface area contributed by atoms with Crippen LogP contribution >= 0.6 is 11.6 Å². The van der Waals surface area contributed by atoms with E-state index in [9.17, 15) is 4.79 Å². The lowest BCUT2D eigenvalue weighted by molar-refractivity contribution is 0.0696. The zero-order valence-corrected chi connectivity index (χ0v) is 11.3. The molecule has 5 nitrogen and oxygen atoms in total. The summed E-state index contributed by atoms with van der Waals surface area (Å²) >= 11 is 5.73. The van der Waals surface area contributed by atoms with Crippen molar-refractivity contribution in [1.29, 1.82) is 0 Å². The van der Waals surface area contributed by atoms with Crippen molar-refractivity contribution in [3.8, 4) is 0 Å². The molecule has 0 aliphatic carbocycles. The van der Waals surface area contributed by atoms with Crippen molar-refractivity contribution in [1.82, 2.24) is 10.2 Å². The second-order valence-electron chi connectivity index (χ2n) is 4.67. The van der Waals surface area contributed by atoms with Gasteiger partial charge in [-0.2, -0.15) is 0 Å². The fraction of sp³-hybridized carbons (Fsp3) is 0.214. The van der Waals surface area contributed by atoms with Crippen LogP contribution in [0.3, 0.4) is 0 Å². The van der Waals surface area contributed by atoms with Gasteiger partial charge in [-0.05, 0) is 41.8 Å². The first-order chi connectivity index (χ1) is 9.63. The average Bonchev–Trinajstić information content (AvgIpc) is 2.47. The molecule has 0 radical (unpaired) electrons. The van der Waals surface area contributed by atoms with Gasteiger partial charge in [0.25, 0.3) is 0 Å². The molecule has 1 aromatic carbocycles. The van der Waals surface area contributed by atoms with Crippen LogP contribution in [0.2, 0.25) is 5.15 Å². The average molecular weight is 290 g/mol. The van der Waals surface area contributed by atoms with Gasteiger partial charge in [-0.15, -0.1) is 10.2 Å². The summed E-state index contributed by atoms with van der Waals surface area (Å²) in [6, 6.07) is 8.80. The van der Waals surface area contributed by atoms with E-state index >= 15 is 0 Å². The van der Waals surface area contributed by atoms with Gasteiger partial charge in [0.05, 0.1) is 5.56 Å². The molecule has 1 aliphatic rings. The van der Waals surface area contributed by atoms with Crippen LogP contribution in [0.4, 0.5) is 5.82 Å². The summed E-state index contributed by atoms with van der Waals surface area (Å²) in [5.41, 5.74) is 2.52. The highest BCUT2D eigenvalue weighted by molar-refractivity contribution is 6.29. The normalized spacial score (nSPS) is 13.9. The smallest absolute Gasteiger partial charge is 0.335 e. The molecule has 0 fully saturated rings. The van der Waals surface area contributed by atoms with Gasteiger partial charge in [0.1, 0.15) is 0 Å². The number of rotatable bonds is 2. The van der Waals surface area contributed by atoms with Gasteiger partial charge < -0.3 is 10.0 Å². The number of carboxylic acids is 1. The highest BCUT2D eigenvalue weighted by Gasteiger charge is 2.19. The van der Waals surface area contributed by atoms with Gasteiger partial charge in [0.2, 0.25) is 0 Å². The molecule has 1 N–H and O–H groups in total. The number of carboxylic acid groups (broad SMARTS) is 1. The molecule has 0 unspecified atom stereocenters. The summed E-state index contributed by atoms with van der Waals surface area (Å²) in [7, 11) is 0. The first kappa shape index (κ1) is 12.9. The molecular formula is C14H12ClN3O2. The van der Waals surface area contributed by atoms with Crippen molar-refractivity contribution in [2.45, 2.75) is 13.0 Å². The Morgan fingerprint density at radius 3 is 2.75 bits per heavy atom. The van der Waals surface area contributed by atoms with Crippen LogP contribution in [0, 0.1) is 0 Å². The molecule has 0 amide bonds. The van der Waals surface area contributed by atoms with E-state index in [2.05, 4.69) is 15.1 Å². The molecule has 2 heterocycles. The number of anilines is 1. The Morgan fingerprint density at radius 1 is 1.20 bits per heavy atom. The SMILES string of the molecule is O=C(O)c1ccc2c(c1)CN(c1ccc(Cl)nn1)CC2. The second-order valence-corrected chi connectivity index (χ2v) is 5.06. The van der Waals surface area contributed by atoms with E-state index in [0.29, 0.717) is 17.3 Å². The van der Waals surface area contributed by atoms with Gasteiger partial charge in [0.15, 0.2) is 11.0 Å². The van der Waals surface area contributed by atoms with E-state index in [4.69, 9.17) is 16.7 Å². The molecule has 0 saturated heterocycles. The maximum absolute atomic E-state index is 11.0. The van der Waals surface area contributed by atoms with Crippen molar-refractivity contribution < 1.29 is 9.90 Å². The minimum Gasteiger partial charge on any atom is -0.478 e. The van der Waals surface area contributed by atoms with Crippen LogP contribution in [0.5, 0.6) is 0 Å². The number of fused-ring (bicyclic) bond motifs is 1. The van der Waals surface area contributed by atoms with Gasteiger partial charge in [-0.25, -0.2) is 4.79 Å². The van der Waals surface area contributed by atoms with Gasteiger partial charge in [0, 0.05) is 13.1 Å². The third kappa shape index (κ3) is 2.44. The second kappa shape index (κ2) is 5.09. The number of hydrogen-bond acceptors (Lipinski definition) is 4. The van der Waals surface area contributed by atoms with Crippen LogP contribution in [0.1, 0.15) is 21.5 Å². The Hall–Kier alpha value is -2.14. The first-order valence-corrected chi connectivity index (χ1v) is 6.60. The predicted molar refractivity (Wildman–Crippen MR) is 75.2 cm³/mol. The zero-order valence-electron chi connectivity index (χ0n) is 10.6. The molecule has 0 atom stereocenters. The number of aromatic carboxylic acids is 1. The third-order valence-electron chi connectivity index (χ3n) is 3.41. The van der Waals surface area contributed by atoms with Crippen molar-refractivity contribution in [2.75, 3.05) is 11.4 Å². The monoisotopic (exact) mass is 289 g/mol. The summed E-state index contributed by atoms with van der Waals surface area (Å²) < 4.78 is 0. The Morgan fingerprint density at radius 2 is 2.05 bits per heavy atom. The van der Waals surface area contributed by atoms with E-state index in [0.717, 1.165) is 24.3 Å². The molecule has 0 bridgehead atoms. The summed E-state index contributed by atoms with van der Waals surface area (Å²) in [4.78, 5) is 13.1. The van der Waals surface area contributed by atoms with Crippen molar-refractivity contribution in [3.63, 3.8) is 0 Å². The lowest BCUT2D eigenvalue weighted by atomic mass is 9.97. The number of benzene rings is 1. The number of hydrogen-bond donors (Lipinski definition) is 1. The van der Waals surface area contributed by atoms with Crippen LogP contribution in [0.15, 0.2) is 30.3 Å². The van der Waals surface area contributed by atoms with E-state index in [-0.39, 0.29) is 0 Å². The minimum atomic E-state index is -0.906. The standard InChI is InChI=1S/C14H12ClN3O2/c15-12-3-4-13(17-16-12)18-6-5-9-1-2-10(14(19)20)7-11(9)8-18/h1-4,7H,5-6,8H2,(H,19,20). The van der Waals surface area contributed by atoms with Gasteiger partial charge in [-0.3, -0.25) is 0 Å². The topological polar surface area (TPSA) is 66.3 Å². The van der Waals surface area contributed by atoms with E-state index in [1.165, 1.54) is 5.56 Å². The third-order valence-corrected chi connectivity index (χ3v) is 3.61. The first-order valence-electron chi connectivity index (χ1n) is 6.23. The molecule has 3 rings (SSSR count). The number of halogens is 1. The maximum atomic E-state index is 11.0. The lowest BCUT2D eigenvalue weighted by Gasteiger charge is -2.29. The van der Waals surface area contributed by atoms with Crippen molar-refractivity contribution in [3.05, 3.63) is 52.2 Å². The predicted octanol–water partition coefficient (Wildman–Crippen LogP) is 2.39. The Labute approximate surface area is 120 Å². The number of aromatic nitrogens is 2. The van der Waals surface area contributed by atoms with Crippen molar-refractivity contribution >= 4 is 23.4 Å². The highest BCUT2D eigenvalue weighted by atomic mass is 35.5. The molecule has 0 saturated carbocycles. The quantitative estimate of drug-likeness (QED) is 0.919. The van der Waals surface area contributed by atoms with Crippen LogP contribution in [0.25, 0.3) is 0 Å². The molecular weight excluding hydrogens is 278 g/mol. The largest absolute Gasteiger partial charge is 0.478 e. The zero-order chi connectivity index (χ0) is 14.1. The molecule has 1 aromatic heterocycles. The van der Waals surface area contributed by atoms with Gasteiger partial charge in [-0.1, -0.05) is 17.7 Å². The fourth-order valence-electron chi connectivity index (χ4n) is 2.36. The summed E-state index contributed by atoms with van der Waals surface area (Å²) in [5, 5.41) is 17.3. The summed E-state index contributed by atoms with van der Waals surface area (Å²) in [5.74, 6) is -0.156. The molecule has 6 heteroatoms. The minimum absolute atomic E-state index is 0.313. The Balaban J connectivity index is 1.88. The molecule has 1 aliphatic heterocycles. The number of nitrogens with zero attached hydrogens (tertiary/aromatic N) is 3. The Bertz CT molecular complexity index is 658. The molecule has 20 heavy (non-hydrogen) atoms. The number of carbonyl (C=O) groups is 1. The molecule has 2 aromatic rings. The summed E-state index contributed by atoms with van der Waals surface area (Å²) in [6.07, 6.45) is 0.861. The van der Waals surface area contributed by atoms with E-state index in [1.807, 2.05) is 12.1 Å². The summed E-state index contributed by atoms with van der Waals surface area (Å²) in [6.45, 7) is 1.46. The highest BCUT2D eigenvalue weighted by Crippen LogP contribution is 2.24. The molecule has 102 valence electrons. The van der Waals surface area contributed by atoms with Crippen LogP contribution in [-0.2, 0) is 13.0 Å². The van der Waals surface area contributed by atoms with Crippen molar-refractivity contribution in [2.24, 2.45) is 0 Å². The maximum Gasteiger partial charge on any atom is 0.335 e.